The van der Waals surface area contributed by atoms with Crippen molar-refractivity contribution in [3.63, 3.8) is 0 Å². The second-order valence-corrected chi connectivity index (χ2v) is 5.77. The molecule has 1 unspecified atom stereocenters. The number of carbonyl (C=O) groups excluding carboxylic acids is 3. The summed E-state index contributed by atoms with van der Waals surface area (Å²) in [5.74, 6) is -5.08. The molecule has 1 aliphatic rings. The fourth-order valence-corrected chi connectivity index (χ4v) is 2.62. The largest absolute Gasteiger partial charge is 0.480 e. The Morgan fingerprint density at radius 2 is 2.00 bits per heavy atom. The van der Waals surface area contributed by atoms with Crippen molar-refractivity contribution in [2.24, 2.45) is 5.92 Å². The van der Waals surface area contributed by atoms with Gasteiger partial charge in [0.2, 0.25) is 5.91 Å². The Morgan fingerprint density at radius 1 is 1.35 bits per heavy atom. The van der Waals surface area contributed by atoms with E-state index in [0.717, 1.165) is 0 Å². The van der Waals surface area contributed by atoms with Crippen LogP contribution in [-0.2, 0) is 19.8 Å². The minimum atomic E-state index is -1.58. The first-order valence-corrected chi connectivity index (χ1v) is 6.82. The molecule has 0 radical (unpaired) electrons. The number of carboxylic acids is 1. The van der Waals surface area contributed by atoms with E-state index in [2.05, 4.69) is 5.32 Å². The average Bonchev–Trinajstić information content (AvgIpc) is 2.51. The molecule has 1 atom stereocenters. The monoisotopic (exact) mass is 314 g/mol. The number of nitrogens with zero attached hydrogens (tertiary/aromatic N) is 1. The van der Waals surface area contributed by atoms with E-state index in [1.54, 1.807) is 13.8 Å². The van der Waals surface area contributed by atoms with Crippen LogP contribution in [0.4, 0.5) is 0 Å². The summed E-state index contributed by atoms with van der Waals surface area (Å²) >= 11 is 0. The van der Waals surface area contributed by atoms with Crippen molar-refractivity contribution in [3.05, 3.63) is 34.9 Å². The van der Waals surface area contributed by atoms with Gasteiger partial charge in [0.15, 0.2) is 17.5 Å². The molecule has 7 nitrogen and oxygen atoms in total. The molecule has 1 aromatic rings. The van der Waals surface area contributed by atoms with Gasteiger partial charge in [-0.1, -0.05) is 0 Å². The summed E-state index contributed by atoms with van der Waals surface area (Å²) in [6, 6.07) is 6.27. The SMILES string of the molecule is CC1(C)C(=O)C(C(=O)NCC(=O)O)C(=O)c2ccc(C#N)cc21. The number of amides is 1. The number of rotatable bonds is 3. The lowest BCUT2D eigenvalue weighted by Gasteiger charge is -2.34. The molecule has 0 aliphatic heterocycles. The molecule has 0 heterocycles. The molecule has 1 aliphatic carbocycles. The van der Waals surface area contributed by atoms with Crippen LogP contribution >= 0.6 is 0 Å². The van der Waals surface area contributed by atoms with Gasteiger partial charge in [-0.2, -0.15) is 5.26 Å². The highest BCUT2D eigenvalue weighted by molar-refractivity contribution is 6.28. The topological polar surface area (TPSA) is 124 Å². The molecule has 0 saturated carbocycles. The van der Waals surface area contributed by atoms with Crippen molar-refractivity contribution in [2.45, 2.75) is 19.3 Å². The summed E-state index contributed by atoms with van der Waals surface area (Å²) in [6.07, 6.45) is 0. The van der Waals surface area contributed by atoms with Gasteiger partial charge in [0.05, 0.1) is 17.0 Å². The minimum absolute atomic E-state index is 0.198. The number of hydrogen-bond donors (Lipinski definition) is 2. The first-order chi connectivity index (χ1) is 10.7. The number of fused-ring (bicyclic) bond motifs is 1. The summed E-state index contributed by atoms with van der Waals surface area (Å²) in [5, 5.41) is 19.6. The number of carbonyl (C=O) groups is 4. The minimum Gasteiger partial charge on any atom is -0.480 e. The second kappa shape index (κ2) is 5.65. The van der Waals surface area contributed by atoms with Crippen molar-refractivity contribution >= 4 is 23.4 Å². The smallest absolute Gasteiger partial charge is 0.322 e. The Balaban J connectivity index is 2.49. The van der Waals surface area contributed by atoms with E-state index in [1.165, 1.54) is 18.2 Å². The number of nitriles is 1. The van der Waals surface area contributed by atoms with E-state index in [9.17, 15) is 19.2 Å². The van der Waals surface area contributed by atoms with Crippen LogP contribution in [0.5, 0.6) is 0 Å². The molecule has 0 saturated heterocycles. The van der Waals surface area contributed by atoms with Gasteiger partial charge < -0.3 is 10.4 Å². The Kier molecular flexibility index (Phi) is 4.02. The Labute approximate surface area is 131 Å². The third-order valence-corrected chi connectivity index (χ3v) is 3.90. The van der Waals surface area contributed by atoms with Gasteiger partial charge in [-0.15, -0.1) is 0 Å². The molecule has 2 rings (SSSR count). The Bertz CT molecular complexity index is 773. The molecule has 2 N–H and O–H groups in total. The summed E-state index contributed by atoms with van der Waals surface area (Å²) < 4.78 is 0. The van der Waals surface area contributed by atoms with Gasteiger partial charge in [-0.05, 0) is 37.6 Å². The lowest BCUT2D eigenvalue weighted by Crippen LogP contribution is -2.51. The normalized spacial score (nSPS) is 18.7. The van der Waals surface area contributed by atoms with Gasteiger partial charge in [-0.3, -0.25) is 19.2 Å². The highest BCUT2D eigenvalue weighted by atomic mass is 16.4. The highest BCUT2D eigenvalue weighted by Crippen LogP contribution is 2.37. The molecule has 0 fully saturated rings. The quantitative estimate of drug-likeness (QED) is 0.779. The average molecular weight is 314 g/mol. The Morgan fingerprint density at radius 3 is 2.57 bits per heavy atom. The predicted octanol–water partition coefficient (Wildman–Crippen LogP) is 0.418. The molecule has 7 heteroatoms. The van der Waals surface area contributed by atoms with Gasteiger partial charge in [-0.25, -0.2) is 0 Å². The molecule has 1 aromatic carbocycles. The van der Waals surface area contributed by atoms with Crippen molar-refractivity contribution in [2.75, 3.05) is 6.54 Å². The van der Waals surface area contributed by atoms with Crippen LogP contribution in [0.3, 0.4) is 0 Å². The summed E-state index contributed by atoms with van der Waals surface area (Å²) in [5.41, 5.74) is -0.231. The fraction of sp³-hybridized carbons (Fsp3) is 0.312. The third kappa shape index (κ3) is 2.71. The van der Waals surface area contributed by atoms with Crippen molar-refractivity contribution in [3.8, 4) is 6.07 Å². The van der Waals surface area contributed by atoms with Gasteiger partial charge in [0.1, 0.15) is 6.54 Å². The van der Waals surface area contributed by atoms with Crippen LogP contribution in [0.25, 0.3) is 0 Å². The molecule has 0 spiro atoms. The molecular weight excluding hydrogens is 300 g/mol. The maximum atomic E-state index is 12.6. The summed E-state index contributed by atoms with van der Waals surface area (Å²) in [4.78, 5) is 47.7. The number of hydrogen-bond acceptors (Lipinski definition) is 5. The molecule has 1 amide bonds. The first-order valence-electron chi connectivity index (χ1n) is 6.82. The summed E-state index contributed by atoms with van der Waals surface area (Å²) in [6.45, 7) is 2.47. The van der Waals surface area contributed by atoms with Gasteiger partial charge in [0, 0.05) is 5.56 Å². The van der Waals surface area contributed by atoms with E-state index < -0.39 is 41.3 Å². The number of aliphatic carboxylic acids is 1. The van der Waals surface area contributed by atoms with Crippen LogP contribution in [-0.4, -0.2) is 35.1 Å². The van der Waals surface area contributed by atoms with Gasteiger partial charge >= 0.3 is 5.97 Å². The first kappa shape index (κ1) is 16.4. The van der Waals surface area contributed by atoms with Crippen molar-refractivity contribution in [1.82, 2.24) is 5.32 Å². The summed E-state index contributed by atoms with van der Waals surface area (Å²) in [7, 11) is 0. The van der Waals surface area contributed by atoms with E-state index in [0.29, 0.717) is 11.1 Å². The van der Waals surface area contributed by atoms with E-state index in [-0.39, 0.29) is 5.56 Å². The number of Topliss-reactive ketones (excluding diaryl/α,β-unsaturated/α-hetero) is 2. The van der Waals surface area contributed by atoms with Gasteiger partial charge in [0.25, 0.3) is 0 Å². The fourth-order valence-electron chi connectivity index (χ4n) is 2.62. The number of nitrogens with one attached hydrogen (secondary N) is 1. The lowest BCUT2D eigenvalue weighted by molar-refractivity contribution is -0.140. The predicted molar refractivity (Wildman–Crippen MR) is 77.7 cm³/mol. The van der Waals surface area contributed by atoms with Crippen LogP contribution in [0.2, 0.25) is 0 Å². The highest BCUT2D eigenvalue weighted by Gasteiger charge is 2.49. The van der Waals surface area contributed by atoms with E-state index >= 15 is 0 Å². The van der Waals surface area contributed by atoms with E-state index in [4.69, 9.17) is 10.4 Å². The maximum Gasteiger partial charge on any atom is 0.322 e. The zero-order chi connectivity index (χ0) is 17.4. The number of ketones is 2. The third-order valence-electron chi connectivity index (χ3n) is 3.90. The molecule has 0 aromatic heterocycles. The van der Waals surface area contributed by atoms with Crippen molar-refractivity contribution in [1.29, 1.82) is 5.26 Å². The zero-order valence-electron chi connectivity index (χ0n) is 12.5. The zero-order valence-corrected chi connectivity index (χ0v) is 12.5. The lowest BCUT2D eigenvalue weighted by atomic mass is 9.66. The Hall–Kier alpha value is -3.01. The van der Waals surface area contributed by atoms with Crippen LogP contribution in [0.15, 0.2) is 18.2 Å². The van der Waals surface area contributed by atoms with Crippen LogP contribution < -0.4 is 5.32 Å². The van der Waals surface area contributed by atoms with Crippen LogP contribution in [0.1, 0.15) is 35.3 Å². The van der Waals surface area contributed by atoms with E-state index in [1.807, 2.05) is 6.07 Å². The van der Waals surface area contributed by atoms with Crippen LogP contribution in [0, 0.1) is 17.2 Å². The number of carboxylic acid groups (broad SMARTS) is 1. The molecule has 0 bridgehead atoms. The van der Waals surface area contributed by atoms with Crippen molar-refractivity contribution < 1.29 is 24.3 Å². The second-order valence-electron chi connectivity index (χ2n) is 5.77. The maximum absolute atomic E-state index is 12.6. The molecule has 23 heavy (non-hydrogen) atoms. The molecular formula is C16H14N2O5. The number of benzene rings is 1. The standard InChI is InChI=1S/C16H14N2O5/c1-16(2)10-5-8(6-17)3-4-9(10)13(21)12(14(16)22)15(23)18-7-11(19)20/h3-5,12H,7H2,1-2H3,(H,18,23)(H,19,20). The molecule has 118 valence electrons.